The Morgan fingerprint density at radius 1 is 1.14 bits per heavy atom. The van der Waals surface area contributed by atoms with Crippen molar-refractivity contribution in [1.82, 2.24) is 4.98 Å². The monoisotopic (exact) mass is 187 g/mol. The van der Waals surface area contributed by atoms with Crippen LogP contribution in [0.1, 0.15) is 26.3 Å². The van der Waals surface area contributed by atoms with E-state index in [1.165, 1.54) is 16.3 Å². The first kappa shape index (κ1) is 10.7. The fourth-order valence-electron chi connectivity index (χ4n) is 1.48. The number of hydrogen-bond acceptors (Lipinski definition) is 1. The minimum Gasteiger partial charge on any atom is -0.264 e. The van der Waals surface area contributed by atoms with Crippen LogP contribution in [0.2, 0.25) is 0 Å². The zero-order valence-electron chi connectivity index (χ0n) is 9.12. The van der Waals surface area contributed by atoms with Gasteiger partial charge in [-0.1, -0.05) is 39.0 Å². The van der Waals surface area contributed by atoms with Gasteiger partial charge in [-0.25, -0.2) is 0 Å². The summed E-state index contributed by atoms with van der Waals surface area (Å²) in [4.78, 5) is 4.12. The molecular formula is C13H17N. The Kier molecular flexibility index (Phi) is 4.11. The lowest BCUT2D eigenvalue weighted by atomic mass is 10.1. The molecule has 1 aromatic heterocycles. The Morgan fingerprint density at radius 2 is 1.93 bits per heavy atom. The molecule has 0 atom stereocenters. The molecule has 0 radical (unpaired) electrons. The number of aromatic nitrogens is 1. The second-order valence-electron chi connectivity index (χ2n) is 2.87. The number of hydrogen-bond donors (Lipinski definition) is 0. The lowest BCUT2D eigenvalue weighted by Gasteiger charge is -2.01. The zero-order valence-corrected chi connectivity index (χ0v) is 9.12. The fourth-order valence-corrected chi connectivity index (χ4v) is 1.48. The van der Waals surface area contributed by atoms with Gasteiger partial charge in [0.2, 0.25) is 0 Å². The SMILES string of the molecule is CC.CCc1cccc2ccncc12. The van der Waals surface area contributed by atoms with Crippen molar-refractivity contribution in [3.8, 4) is 0 Å². The smallest absolute Gasteiger partial charge is 0.0349 e. The summed E-state index contributed by atoms with van der Waals surface area (Å²) in [5.41, 5.74) is 1.38. The van der Waals surface area contributed by atoms with E-state index >= 15 is 0 Å². The van der Waals surface area contributed by atoms with Gasteiger partial charge in [0.1, 0.15) is 0 Å². The quantitative estimate of drug-likeness (QED) is 0.661. The molecule has 0 unspecified atom stereocenters. The van der Waals surface area contributed by atoms with Crippen molar-refractivity contribution < 1.29 is 0 Å². The predicted octanol–water partition coefficient (Wildman–Crippen LogP) is 3.82. The lowest BCUT2D eigenvalue weighted by Crippen LogP contribution is -1.83. The van der Waals surface area contributed by atoms with Crippen LogP contribution in [0.15, 0.2) is 36.7 Å². The Balaban J connectivity index is 0.000000461. The Labute approximate surface area is 85.8 Å². The van der Waals surface area contributed by atoms with Crippen molar-refractivity contribution in [1.29, 1.82) is 0 Å². The summed E-state index contributed by atoms with van der Waals surface area (Å²) >= 11 is 0. The van der Waals surface area contributed by atoms with Gasteiger partial charge in [0.15, 0.2) is 0 Å². The van der Waals surface area contributed by atoms with Gasteiger partial charge in [-0.3, -0.25) is 4.98 Å². The average Bonchev–Trinajstić information content (AvgIpc) is 2.31. The molecule has 1 heterocycles. The molecule has 1 heteroatoms. The van der Waals surface area contributed by atoms with Crippen LogP contribution in [0.25, 0.3) is 10.8 Å². The molecule has 0 N–H and O–H groups in total. The third-order valence-electron chi connectivity index (χ3n) is 2.15. The molecule has 0 spiro atoms. The maximum Gasteiger partial charge on any atom is 0.0349 e. The van der Waals surface area contributed by atoms with E-state index in [9.17, 15) is 0 Å². The molecule has 0 aliphatic carbocycles. The van der Waals surface area contributed by atoms with Gasteiger partial charge < -0.3 is 0 Å². The third-order valence-corrected chi connectivity index (χ3v) is 2.15. The lowest BCUT2D eigenvalue weighted by molar-refractivity contribution is 1.15. The summed E-state index contributed by atoms with van der Waals surface area (Å²) in [5, 5.41) is 2.56. The van der Waals surface area contributed by atoms with Crippen molar-refractivity contribution in [3.63, 3.8) is 0 Å². The van der Waals surface area contributed by atoms with Crippen molar-refractivity contribution in [3.05, 3.63) is 42.2 Å². The summed E-state index contributed by atoms with van der Waals surface area (Å²) in [6.45, 7) is 6.17. The maximum absolute atomic E-state index is 4.12. The Morgan fingerprint density at radius 3 is 2.64 bits per heavy atom. The second kappa shape index (κ2) is 5.38. The summed E-state index contributed by atoms with van der Waals surface area (Å²) in [6, 6.07) is 8.43. The normalized spacial score (nSPS) is 9.36. The fraction of sp³-hybridized carbons (Fsp3) is 0.308. The molecule has 1 aromatic carbocycles. The minimum absolute atomic E-state index is 1.07. The van der Waals surface area contributed by atoms with Gasteiger partial charge in [0, 0.05) is 17.8 Å². The summed E-state index contributed by atoms with van der Waals surface area (Å²) in [6.07, 6.45) is 4.85. The highest BCUT2D eigenvalue weighted by molar-refractivity contribution is 5.84. The molecular weight excluding hydrogens is 170 g/mol. The molecule has 0 aliphatic heterocycles. The molecule has 14 heavy (non-hydrogen) atoms. The van der Waals surface area contributed by atoms with Crippen LogP contribution >= 0.6 is 0 Å². The van der Waals surface area contributed by atoms with Crippen molar-refractivity contribution >= 4 is 10.8 Å². The van der Waals surface area contributed by atoms with E-state index in [1.807, 2.05) is 26.2 Å². The van der Waals surface area contributed by atoms with Crippen LogP contribution in [0.5, 0.6) is 0 Å². The molecule has 0 bridgehead atoms. The topological polar surface area (TPSA) is 12.9 Å². The maximum atomic E-state index is 4.12. The van der Waals surface area contributed by atoms with Gasteiger partial charge in [0.25, 0.3) is 0 Å². The largest absolute Gasteiger partial charge is 0.264 e. The van der Waals surface area contributed by atoms with Gasteiger partial charge in [0.05, 0.1) is 0 Å². The van der Waals surface area contributed by atoms with Crippen molar-refractivity contribution in [2.45, 2.75) is 27.2 Å². The van der Waals surface area contributed by atoms with Gasteiger partial charge >= 0.3 is 0 Å². The first-order chi connectivity index (χ1) is 6.92. The summed E-state index contributed by atoms with van der Waals surface area (Å²) in [7, 11) is 0. The van der Waals surface area contributed by atoms with E-state index < -0.39 is 0 Å². The molecule has 2 aromatic rings. The summed E-state index contributed by atoms with van der Waals surface area (Å²) in [5.74, 6) is 0. The first-order valence-electron chi connectivity index (χ1n) is 5.23. The van der Waals surface area contributed by atoms with Crippen LogP contribution in [-0.4, -0.2) is 4.98 Å². The van der Waals surface area contributed by atoms with Crippen molar-refractivity contribution in [2.24, 2.45) is 0 Å². The van der Waals surface area contributed by atoms with Gasteiger partial charge in [-0.2, -0.15) is 0 Å². The molecule has 0 amide bonds. The Bertz CT molecular complexity index is 388. The molecule has 0 saturated carbocycles. The average molecular weight is 187 g/mol. The highest BCUT2D eigenvalue weighted by atomic mass is 14.6. The molecule has 2 rings (SSSR count). The van der Waals surface area contributed by atoms with Gasteiger partial charge in [-0.05, 0) is 23.4 Å². The third kappa shape index (κ3) is 2.11. The van der Waals surface area contributed by atoms with Crippen LogP contribution < -0.4 is 0 Å². The van der Waals surface area contributed by atoms with E-state index in [1.54, 1.807) is 0 Å². The Hall–Kier alpha value is -1.37. The number of fused-ring (bicyclic) bond motifs is 1. The van der Waals surface area contributed by atoms with Crippen LogP contribution in [0.3, 0.4) is 0 Å². The minimum atomic E-state index is 1.07. The molecule has 74 valence electrons. The molecule has 1 nitrogen and oxygen atoms in total. The van der Waals surface area contributed by atoms with E-state index in [0.717, 1.165) is 6.42 Å². The predicted molar refractivity (Wildman–Crippen MR) is 62.5 cm³/mol. The molecule has 0 aliphatic rings. The van der Waals surface area contributed by atoms with E-state index in [2.05, 4.69) is 36.2 Å². The van der Waals surface area contributed by atoms with Crippen LogP contribution in [-0.2, 0) is 6.42 Å². The number of benzene rings is 1. The van der Waals surface area contributed by atoms with Gasteiger partial charge in [-0.15, -0.1) is 0 Å². The highest BCUT2D eigenvalue weighted by Gasteiger charge is 1.96. The van der Waals surface area contributed by atoms with Crippen molar-refractivity contribution in [2.75, 3.05) is 0 Å². The molecule has 0 saturated heterocycles. The van der Waals surface area contributed by atoms with Crippen LogP contribution in [0, 0.1) is 0 Å². The zero-order chi connectivity index (χ0) is 10.4. The number of nitrogens with zero attached hydrogens (tertiary/aromatic N) is 1. The van der Waals surface area contributed by atoms with E-state index in [4.69, 9.17) is 0 Å². The highest BCUT2D eigenvalue weighted by Crippen LogP contribution is 2.17. The standard InChI is InChI=1S/C11H11N.C2H6/c1-2-9-4-3-5-10-6-7-12-8-11(9)10;1-2/h3-8H,2H2,1H3;1-2H3. The number of rotatable bonds is 1. The molecule has 0 fully saturated rings. The van der Waals surface area contributed by atoms with E-state index in [-0.39, 0.29) is 0 Å². The first-order valence-corrected chi connectivity index (χ1v) is 5.23. The number of aryl methyl sites for hydroxylation is 1. The summed E-state index contributed by atoms with van der Waals surface area (Å²) < 4.78 is 0. The second-order valence-corrected chi connectivity index (χ2v) is 2.87. The van der Waals surface area contributed by atoms with E-state index in [0.29, 0.717) is 0 Å². The number of pyridine rings is 1. The van der Waals surface area contributed by atoms with Crippen LogP contribution in [0.4, 0.5) is 0 Å².